The molecule has 80 valence electrons. The fourth-order valence-electron chi connectivity index (χ4n) is 0.552. The number of carboxylic acids is 1. The van der Waals surface area contributed by atoms with E-state index in [4.69, 9.17) is 19.5 Å². The minimum absolute atomic E-state index is 0.0405. The maximum Gasteiger partial charge on any atom is 0.341 e. The topological polar surface area (TPSA) is 94.8 Å². The van der Waals surface area contributed by atoms with Crippen molar-refractivity contribution in [2.24, 2.45) is 0 Å². The minimum Gasteiger partial charge on any atom is -0.479 e. The molecule has 0 aromatic rings. The maximum atomic E-state index is 12.8. The highest BCUT2D eigenvalue weighted by atomic mass is 31.1. The van der Waals surface area contributed by atoms with Gasteiger partial charge in [0.25, 0.3) is 0 Å². The van der Waals surface area contributed by atoms with Crippen molar-refractivity contribution in [2.45, 2.75) is 32.4 Å². The molecule has 0 bridgehead atoms. The molecule has 0 radical (unpaired) electrons. The second-order valence-electron chi connectivity index (χ2n) is 2.26. The number of hydrogen-bond acceptors (Lipinski definition) is 2. The first-order valence-corrected chi connectivity index (χ1v) is 4.94. The molecule has 0 fully saturated rings. The van der Waals surface area contributed by atoms with Gasteiger partial charge < -0.3 is 14.9 Å². The second kappa shape index (κ2) is 7.00. The summed E-state index contributed by atoms with van der Waals surface area (Å²) in [5.41, 5.74) is -2.00. The SMILES string of the molecule is CCC(F)(CC)C(=O)O.O=[PH](O)O. The van der Waals surface area contributed by atoms with Crippen LogP contribution in [-0.4, -0.2) is 26.5 Å². The predicted octanol–water partition coefficient (Wildman–Crippen LogP) is 0.960. The summed E-state index contributed by atoms with van der Waals surface area (Å²) in [6.07, 6.45) is 0.0810. The van der Waals surface area contributed by atoms with E-state index in [2.05, 4.69) is 0 Å². The molecule has 3 N–H and O–H groups in total. The molecule has 0 spiro atoms. The van der Waals surface area contributed by atoms with Gasteiger partial charge >= 0.3 is 14.2 Å². The smallest absolute Gasteiger partial charge is 0.341 e. The Hall–Kier alpha value is -0.450. The van der Waals surface area contributed by atoms with Gasteiger partial charge in [0, 0.05) is 0 Å². The van der Waals surface area contributed by atoms with E-state index in [1.807, 2.05) is 0 Å². The molecule has 0 aliphatic carbocycles. The number of carbonyl (C=O) groups is 1. The average Bonchev–Trinajstić information content (AvgIpc) is 2.01. The van der Waals surface area contributed by atoms with Crippen LogP contribution in [0.5, 0.6) is 0 Å². The molecule has 0 aliphatic rings. The van der Waals surface area contributed by atoms with E-state index in [0.717, 1.165) is 0 Å². The van der Waals surface area contributed by atoms with E-state index < -0.39 is 19.9 Å². The van der Waals surface area contributed by atoms with Crippen molar-refractivity contribution in [1.29, 1.82) is 0 Å². The Kier molecular flexibility index (Phi) is 8.10. The van der Waals surface area contributed by atoms with Crippen LogP contribution in [0.4, 0.5) is 4.39 Å². The Morgan fingerprint density at radius 2 is 1.62 bits per heavy atom. The lowest BCUT2D eigenvalue weighted by atomic mass is 10.0. The van der Waals surface area contributed by atoms with Gasteiger partial charge in [-0.2, -0.15) is 0 Å². The molecule has 0 saturated heterocycles. The molecule has 0 saturated carbocycles. The van der Waals surface area contributed by atoms with Crippen LogP contribution in [0.3, 0.4) is 0 Å². The number of aliphatic carboxylic acids is 1. The van der Waals surface area contributed by atoms with Crippen LogP contribution in [0.2, 0.25) is 0 Å². The summed E-state index contributed by atoms with van der Waals surface area (Å²) >= 11 is 0. The van der Waals surface area contributed by atoms with Crippen LogP contribution in [-0.2, 0) is 9.36 Å². The van der Waals surface area contributed by atoms with Gasteiger partial charge in [0.2, 0.25) is 5.67 Å². The van der Waals surface area contributed by atoms with E-state index in [-0.39, 0.29) is 12.8 Å². The molecule has 0 rings (SSSR count). The molecule has 0 aliphatic heterocycles. The average molecular weight is 216 g/mol. The number of hydrogen-bond donors (Lipinski definition) is 3. The van der Waals surface area contributed by atoms with E-state index in [0.29, 0.717) is 0 Å². The van der Waals surface area contributed by atoms with Crippen LogP contribution in [0.25, 0.3) is 0 Å². The fourth-order valence-corrected chi connectivity index (χ4v) is 0.552. The number of alkyl halides is 1. The third-order valence-corrected chi connectivity index (χ3v) is 1.50. The first-order valence-electron chi connectivity index (χ1n) is 3.64. The van der Waals surface area contributed by atoms with Crippen molar-refractivity contribution in [1.82, 2.24) is 0 Å². The second-order valence-corrected chi connectivity index (χ2v) is 2.83. The first kappa shape index (κ1) is 15.0. The zero-order valence-electron chi connectivity index (χ0n) is 7.45. The lowest BCUT2D eigenvalue weighted by Gasteiger charge is -2.14. The molecular formula is C6H14FO5P. The van der Waals surface area contributed by atoms with E-state index in [1.54, 1.807) is 0 Å². The predicted molar refractivity (Wildman–Crippen MR) is 45.5 cm³/mol. The van der Waals surface area contributed by atoms with Crippen LogP contribution in [0, 0.1) is 0 Å². The van der Waals surface area contributed by atoms with Gasteiger partial charge in [-0.05, 0) is 12.8 Å². The summed E-state index contributed by atoms with van der Waals surface area (Å²) < 4.78 is 21.5. The van der Waals surface area contributed by atoms with Gasteiger partial charge in [0.1, 0.15) is 0 Å². The molecule has 0 atom stereocenters. The number of rotatable bonds is 3. The monoisotopic (exact) mass is 216 g/mol. The normalized spacial score (nSPS) is 10.6. The van der Waals surface area contributed by atoms with Crippen molar-refractivity contribution in [3.8, 4) is 0 Å². The number of halogens is 1. The van der Waals surface area contributed by atoms with E-state index in [9.17, 15) is 9.18 Å². The Morgan fingerprint density at radius 3 is 1.62 bits per heavy atom. The highest BCUT2D eigenvalue weighted by molar-refractivity contribution is 7.30. The molecule has 0 amide bonds. The van der Waals surface area contributed by atoms with Crippen LogP contribution in [0.15, 0.2) is 0 Å². The highest BCUT2D eigenvalue weighted by Crippen LogP contribution is 2.19. The molecule has 0 heterocycles. The summed E-state index contributed by atoms with van der Waals surface area (Å²) in [5, 5.41) is 8.26. The van der Waals surface area contributed by atoms with E-state index in [1.165, 1.54) is 13.8 Å². The first-order chi connectivity index (χ1) is 5.80. The Balaban J connectivity index is 0. The van der Waals surface area contributed by atoms with Gasteiger partial charge in [-0.25, -0.2) is 9.18 Å². The van der Waals surface area contributed by atoms with Crippen molar-refractivity contribution in [2.75, 3.05) is 0 Å². The van der Waals surface area contributed by atoms with Crippen molar-refractivity contribution in [3.63, 3.8) is 0 Å². The Morgan fingerprint density at radius 1 is 1.38 bits per heavy atom. The van der Waals surface area contributed by atoms with Gasteiger partial charge in [-0.3, -0.25) is 4.57 Å². The summed E-state index contributed by atoms with van der Waals surface area (Å²) in [6, 6.07) is 0. The Labute approximate surface area is 76.2 Å². The summed E-state index contributed by atoms with van der Waals surface area (Å²) in [6.45, 7) is 3.05. The molecular weight excluding hydrogens is 202 g/mol. The zero-order valence-corrected chi connectivity index (χ0v) is 8.45. The zero-order chi connectivity index (χ0) is 11.1. The molecule has 13 heavy (non-hydrogen) atoms. The molecule has 0 unspecified atom stereocenters. The van der Waals surface area contributed by atoms with Gasteiger partial charge in [0.05, 0.1) is 0 Å². The third kappa shape index (κ3) is 7.90. The molecule has 5 nitrogen and oxygen atoms in total. The summed E-state index contributed by atoms with van der Waals surface area (Å²) in [4.78, 5) is 24.4. The summed E-state index contributed by atoms with van der Waals surface area (Å²) in [5.74, 6) is -1.35. The van der Waals surface area contributed by atoms with Gasteiger partial charge in [0.15, 0.2) is 0 Å². The van der Waals surface area contributed by atoms with E-state index >= 15 is 0 Å². The summed E-state index contributed by atoms with van der Waals surface area (Å²) in [7, 11) is -3.13. The molecule has 7 heteroatoms. The maximum absolute atomic E-state index is 12.8. The minimum atomic E-state index is -3.13. The van der Waals surface area contributed by atoms with Crippen LogP contribution < -0.4 is 0 Å². The van der Waals surface area contributed by atoms with Crippen molar-refractivity contribution >= 4 is 14.2 Å². The molecule has 0 aromatic carbocycles. The fraction of sp³-hybridized carbons (Fsp3) is 0.833. The highest BCUT2D eigenvalue weighted by Gasteiger charge is 2.33. The lowest BCUT2D eigenvalue weighted by Crippen LogP contribution is -2.31. The standard InChI is InChI=1S/C6H11FO2.H3O3P/c1-3-6(7,4-2)5(8)9;1-4(2)3/h3-4H2,1-2H3,(H,8,9);4H,(H2,1,2,3). The van der Waals surface area contributed by atoms with Gasteiger partial charge in [-0.1, -0.05) is 13.8 Å². The largest absolute Gasteiger partial charge is 0.479 e. The van der Waals surface area contributed by atoms with Crippen molar-refractivity contribution < 1.29 is 28.6 Å². The van der Waals surface area contributed by atoms with Gasteiger partial charge in [-0.15, -0.1) is 0 Å². The Bertz CT molecular complexity index is 176. The lowest BCUT2D eigenvalue weighted by molar-refractivity contribution is -0.151. The molecule has 0 aromatic heterocycles. The van der Waals surface area contributed by atoms with Crippen LogP contribution in [0.1, 0.15) is 26.7 Å². The number of carboxylic acid groups (broad SMARTS) is 1. The van der Waals surface area contributed by atoms with Crippen LogP contribution >= 0.6 is 8.25 Å². The van der Waals surface area contributed by atoms with Crippen molar-refractivity contribution in [3.05, 3.63) is 0 Å². The third-order valence-electron chi connectivity index (χ3n) is 1.50. The quantitative estimate of drug-likeness (QED) is 0.610.